The van der Waals surface area contributed by atoms with Gasteiger partial charge in [0, 0.05) is 6.54 Å². The van der Waals surface area contributed by atoms with Gasteiger partial charge in [0.1, 0.15) is 0 Å². The molecule has 0 bridgehead atoms. The number of carbonyl (C=O) groups excluding carboxylic acids is 1. The highest BCUT2D eigenvalue weighted by molar-refractivity contribution is 5.78. The van der Waals surface area contributed by atoms with Crippen LogP contribution in [0.4, 0.5) is 0 Å². The molecule has 92 valence electrons. The normalized spacial score (nSPS) is 22.2. The standard InChI is InChI=1S/C13H24N2O/c1-10(2)13(5-6-13)9-15-12(16)8-14-7-11-3-4-11/h10-11,14H,3-9H2,1-2H3,(H,15,16). The zero-order chi connectivity index (χ0) is 11.6. The maximum absolute atomic E-state index is 11.6. The van der Waals surface area contributed by atoms with E-state index in [4.69, 9.17) is 0 Å². The smallest absolute Gasteiger partial charge is 0.233 e. The van der Waals surface area contributed by atoms with Crippen LogP contribution in [-0.4, -0.2) is 25.5 Å². The first-order valence-electron chi connectivity index (χ1n) is 6.60. The maximum atomic E-state index is 11.6. The maximum Gasteiger partial charge on any atom is 0.233 e. The van der Waals surface area contributed by atoms with Crippen molar-refractivity contribution in [3.05, 3.63) is 0 Å². The van der Waals surface area contributed by atoms with Gasteiger partial charge in [0.15, 0.2) is 0 Å². The van der Waals surface area contributed by atoms with E-state index in [-0.39, 0.29) is 5.91 Å². The first-order valence-corrected chi connectivity index (χ1v) is 6.60. The number of rotatable bonds is 7. The summed E-state index contributed by atoms with van der Waals surface area (Å²) in [4.78, 5) is 11.6. The van der Waals surface area contributed by atoms with Crippen LogP contribution in [0.3, 0.4) is 0 Å². The van der Waals surface area contributed by atoms with Crippen molar-refractivity contribution in [2.24, 2.45) is 17.3 Å². The fraction of sp³-hybridized carbons (Fsp3) is 0.923. The van der Waals surface area contributed by atoms with Crippen molar-refractivity contribution in [2.75, 3.05) is 19.6 Å². The molecule has 2 rings (SSSR count). The van der Waals surface area contributed by atoms with Crippen molar-refractivity contribution in [3.63, 3.8) is 0 Å². The lowest BCUT2D eigenvalue weighted by molar-refractivity contribution is -0.120. The zero-order valence-corrected chi connectivity index (χ0v) is 10.5. The predicted molar refractivity (Wildman–Crippen MR) is 65.1 cm³/mol. The highest BCUT2D eigenvalue weighted by Crippen LogP contribution is 2.51. The van der Waals surface area contributed by atoms with Gasteiger partial charge >= 0.3 is 0 Å². The molecule has 0 aromatic carbocycles. The van der Waals surface area contributed by atoms with Crippen molar-refractivity contribution >= 4 is 5.91 Å². The van der Waals surface area contributed by atoms with E-state index in [0.717, 1.165) is 19.0 Å². The molecule has 0 saturated heterocycles. The Hall–Kier alpha value is -0.570. The number of hydrogen-bond acceptors (Lipinski definition) is 2. The third kappa shape index (κ3) is 3.21. The van der Waals surface area contributed by atoms with E-state index in [1.807, 2.05) is 0 Å². The van der Waals surface area contributed by atoms with Crippen molar-refractivity contribution in [1.29, 1.82) is 0 Å². The molecule has 2 saturated carbocycles. The number of hydrogen-bond donors (Lipinski definition) is 2. The fourth-order valence-corrected chi connectivity index (χ4v) is 2.17. The SMILES string of the molecule is CC(C)C1(CNC(=O)CNCC2CC2)CC1. The summed E-state index contributed by atoms with van der Waals surface area (Å²) in [5.74, 6) is 1.69. The van der Waals surface area contributed by atoms with Gasteiger partial charge in [0.2, 0.25) is 5.91 Å². The van der Waals surface area contributed by atoms with Crippen molar-refractivity contribution in [2.45, 2.75) is 39.5 Å². The van der Waals surface area contributed by atoms with E-state index < -0.39 is 0 Å². The highest BCUT2D eigenvalue weighted by Gasteiger charge is 2.45. The molecule has 2 N–H and O–H groups in total. The van der Waals surface area contributed by atoms with E-state index in [9.17, 15) is 4.79 Å². The second-order valence-electron chi connectivity index (χ2n) is 5.87. The molecule has 0 aliphatic heterocycles. The number of amides is 1. The van der Waals surface area contributed by atoms with E-state index >= 15 is 0 Å². The quantitative estimate of drug-likeness (QED) is 0.688. The van der Waals surface area contributed by atoms with Gasteiger partial charge in [-0.25, -0.2) is 0 Å². The lowest BCUT2D eigenvalue weighted by Crippen LogP contribution is -2.38. The first kappa shape index (κ1) is 11.9. The van der Waals surface area contributed by atoms with Crippen molar-refractivity contribution < 1.29 is 4.79 Å². The van der Waals surface area contributed by atoms with Crippen LogP contribution in [0.15, 0.2) is 0 Å². The van der Waals surface area contributed by atoms with E-state index in [0.29, 0.717) is 17.9 Å². The molecule has 0 aromatic heterocycles. The van der Waals surface area contributed by atoms with E-state index in [2.05, 4.69) is 24.5 Å². The van der Waals surface area contributed by atoms with Crippen molar-refractivity contribution in [1.82, 2.24) is 10.6 Å². The zero-order valence-electron chi connectivity index (χ0n) is 10.5. The van der Waals surface area contributed by atoms with Gasteiger partial charge in [-0.2, -0.15) is 0 Å². The minimum Gasteiger partial charge on any atom is -0.354 e. The van der Waals surface area contributed by atoms with Crippen LogP contribution in [0, 0.1) is 17.3 Å². The van der Waals surface area contributed by atoms with Gasteiger partial charge < -0.3 is 10.6 Å². The average Bonchev–Trinajstić information content (AvgIpc) is 3.10. The van der Waals surface area contributed by atoms with Crippen LogP contribution in [0.2, 0.25) is 0 Å². The molecule has 1 amide bonds. The van der Waals surface area contributed by atoms with Crippen LogP contribution >= 0.6 is 0 Å². The molecule has 3 heteroatoms. The van der Waals surface area contributed by atoms with Gasteiger partial charge in [-0.3, -0.25) is 4.79 Å². The third-order valence-electron chi connectivity index (χ3n) is 4.17. The minimum atomic E-state index is 0.160. The molecule has 0 heterocycles. The van der Waals surface area contributed by atoms with Gasteiger partial charge in [-0.05, 0) is 49.5 Å². The molecule has 16 heavy (non-hydrogen) atoms. The molecule has 2 aliphatic rings. The Kier molecular flexibility index (Phi) is 3.53. The fourth-order valence-electron chi connectivity index (χ4n) is 2.17. The van der Waals surface area contributed by atoms with Crippen LogP contribution in [-0.2, 0) is 4.79 Å². The summed E-state index contributed by atoms with van der Waals surface area (Å²) in [5.41, 5.74) is 0.423. The Labute approximate surface area is 98.4 Å². The number of nitrogens with one attached hydrogen (secondary N) is 2. The van der Waals surface area contributed by atoms with Crippen LogP contribution in [0.1, 0.15) is 39.5 Å². The van der Waals surface area contributed by atoms with Gasteiger partial charge in [0.05, 0.1) is 6.54 Å². The lowest BCUT2D eigenvalue weighted by atomic mass is 9.92. The lowest BCUT2D eigenvalue weighted by Gasteiger charge is -2.20. The van der Waals surface area contributed by atoms with Crippen molar-refractivity contribution in [3.8, 4) is 0 Å². The van der Waals surface area contributed by atoms with Gasteiger partial charge in [-0.1, -0.05) is 13.8 Å². The molecule has 0 radical (unpaired) electrons. The Morgan fingerprint density at radius 1 is 1.38 bits per heavy atom. The predicted octanol–water partition coefficient (Wildman–Crippen LogP) is 1.54. The van der Waals surface area contributed by atoms with Crippen LogP contribution in [0.5, 0.6) is 0 Å². The molecule has 2 aliphatic carbocycles. The monoisotopic (exact) mass is 224 g/mol. The second kappa shape index (κ2) is 4.74. The highest BCUT2D eigenvalue weighted by atomic mass is 16.1. The van der Waals surface area contributed by atoms with E-state index in [1.165, 1.54) is 25.7 Å². The topological polar surface area (TPSA) is 41.1 Å². The second-order valence-corrected chi connectivity index (χ2v) is 5.87. The number of carbonyl (C=O) groups is 1. The Morgan fingerprint density at radius 3 is 2.56 bits per heavy atom. The first-order chi connectivity index (χ1) is 7.62. The Balaban J connectivity index is 1.56. The Morgan fingerprint density at radius 2 is 2.06 bits per heavy atom. The summed E-state index contributed by atoms with van der Waals surface area (Å²) >= 11 is 0. The van der Waals surface area contributed by atoms with Gasteiger partial charge in [-0.15, -0.1) is 0 Å². The molecule has 0 atom stereocenters. The van der Waals surface area contributed by atoms with E-state index in [1.54, 1.807) is 0 Å². The molecule has 0 aromatic rings. The molecular weight excluding hydrogens is 200 g/mol. The summed E-state index contributed by atoms with van der Waals surface area (Å²) in [6, 6.07) is 0. The molecule has 2 fully saturated rings. The summed E-state index contributed by atoms with van der Waals surface area (Å²) < 4.78 is 0. The minimum absolute atomic E-state index is 0.160. The third-order valence-corrected chi connectivity index (χ3v) is 4.17. The molecule has 0 spiro atoms. The average molecular weight is 224 g/mol. The summed E-state index contributed by atoms with van der Waals surface area (Å²) in [6.45, 7) is 6.89. The molecule has 3 nitrogen and oxygen atoms in total. The summed E-state index contributed by atoms with van der Waals surface area (Å²) in [7, 11) is 0. The van der Waals surface area contributed by atoms with Crippen LogP contribution in [0.25, 0.3) is 0 Å². The van der Waals surface area contributed by atoms with Crippen LogP contribution < -0.4 is 10.6 Å². The molecule has 0 unspecified atom stereocenters. The van der Waals surface area contributed by atoms with Gasteiger partial charge in [0.25, 0.3) is 0 Å². The summed E-state index contributed by atoms with van der Waals surface area (Å²) in [5, 5.41) is 6.28. The Bertz CT molecular complexity index is 255. The summed E-state index contributed by atoms with van der Waals surface area (Å²) in [6.07, 6.45) is 5.23. The molecular formula is C13H24N2O. The largest absolute Gasteiger partial charge is 0.354 e.